The van der Waals surface area contributed by atoms with E-state index in [1.165, 1.54) is 50.6 Å². The van der Waals surface area contributed by atoms with Crippen molar-refractivity contribution in [2.75, 3.05) is 19.5 Å². The van der Waals surface area contributed by atoms with Gasteiger partial charge in [0, 0.05) is 11.3 Å². The molecule has 0 bridgehead atoms. The summed E-state index contributed by atoms with van der Waals surface area (Å²) in [5.41, 5.74) is 0.842. The van der Waals surface area contributed by atoms with Gasteiger partial charge in [-0.25, -0.2) is 18.4 Å². The summed E-state index contributed by atoms with van der Waals surface area (Å²) in [6.07, 6.45) is 0. The van der Waals surface area contributed by atoms with E-state index in [0.717, 1.165) is 6.07 Å². The molecule has 0 saturated carbocycles. The van der Waals surface area contributed by atoms with Gasteiger partial charge in [0.1, 0.15) is 10.6 Å². The minimum absolute atomic E-state index is 0.0430. The number of sulfonamides is 1. The first-order valence-corrected chi connectivity index (χ1v) is 8.51. The van der Waals surface area contributed by atoms with E-state index in [2.05, 4.69) is 10.1 Å². The Hall–Kier alpha value is -2.91. The number of hydrogen-bond donors (Lipinski definition) is 2. The number of hydrogen-bond acceptors (Lipinski definition) is 6. The van der Waals surface area contributed by atoms with Crippen molar-refractivity contribution in [3.05, 3.63) is 53.6 Å². The molecule has 9 heteroatoms. The van der Waals surface area contributed by atoms with Gasteiger partial charge in [-0.3, -0.25) is 4.79 Å². The second-order valence-electron chi connectivity index (χ2n) is 4.93. The SMILES string of the molecule is COC(=O)c1ccc(NC(=O)c2ccc(OC)c(S(N)(=O)=O)c2)cc1. The third-order valence-corrected chi connectivity index (χ3v) is 4.23. The van der Waals surface area contributed by atoms with Crippen LogP contribution in [0.25, 0.3) is 0 Å². The maximum atomic E-state index is 12.3. The van der Waals surface area contributed by atoms with Crippen LogP contribution in [0, 0.1) is 0 Å². The summed E-state index contributed by atoms with van der Waals surface area (Å²) in [6, 6.07) is 9.91. The van der Waals surface area contributed by atoms with Crippen molar-refractivity contribution in [3.8, 4) is 5.75 Å². The number of nitrogens with two attached hydrogens (primary N) is 1. The number of primary sulfonamides is 1. The van der Waals surface area contributed by atoms with Crippen molar-refractivity contribution in [1.29, 1.82) is 0 Å². The summed E-state index contributed by atoms with van der Waals surface area (Å²) in [4.78, 5) is 23.4. The van der Waals surface area contributed by atoms with Crippen LogP contribution >= 0.6 is 0 Å². The highest BCUT2D eigenvalue weighted by atomic mass is 32.2. The molecule has 0 heterocycles. The highest BCUT2D eigenvalue weighted by Gasteiger charge is 2.18. The van der Waals surface area contributed by atoms with Crippen LogP contribution in [0.3, 0.4) is 0 Å². The Morgan fingerprint density at radius 2 is 1.60 bits per heavy atom. The van der Waals surface area contributed by atoms with Gasteiger partial charge in [0.2, 0.25) is 10.0 Å². The molecule has 1 amide bonds. The maximum absolute atomic E-state index is 12.3. The molecule has 25 heavy (non-hydrogen) atoms. The summed E-state index contributed by atoms with van der Waals surface area (Å²) in [5.74, 6) is -0.995. The third-order valence-electron chi connectivity index (χ3n) is 3.30. The molecule has 2 aromatic rings. The molecule has 0 spiro atoms. The number of benzene rings is 2. The van der Waals surface area contributed by atoms with Crippen LogP contribution in [0.1, 0.15) is 20.7 Å². The molecule has 0 unspecified atom stereocenters. The molecule has 0 aliphatic rings. The lowest BCUT2D eigenvalue weighted by molar-refractivity contribution is 0.0600. The lowest BCUT2D eigenvalue weighted by Gasteiger charge is -2.10. The molecular weight excluding hydrogens is 348 g/mol. The number of nitrogens with one attached hydrogen (secondary N) is 1. The van der Waals surface area contributed by atoms with E-state index in [-0.39, 0.29) is 16.2 Å². The molecule has 8 nitrogen and oxygen atoms in total. The van der Waals surface area contributed by atoms with Gasteiger partial charge in [0.15, 0.2) is 0 Å². The van der Waals surface area contributed by atoms with Gasteiger partial charge in [-0.15, -0.1) is 0 Å². The quantitative estimate of drug-likeness (QED) is 0.772. The highest BCUT2D eigenvalue weighted by molar-refractivity contribution is 7.89. The Morgan fingerprint density at radius 3 is 2.12 bits per heavy atom. The van der Waals surface area contributed by atoms with Crippen LogP contribution in [0.4, 0.5) is 5.69 Å². The van der Waals surface area contributed by atoms with E-state index in [9.17, 15) is 18.0 Å². The minimum atomic E-state index is -4.05. The lowest BCUT2D eigenvalue weighted by Crippen LogP contribution is -2.16. The van der Waals surface area contributed by atoms with Gasteiger partial charge in [-0.2, -0.15) is 0 Å². The normalized spacial score (nSPS) is 10.8. The van der Waals surface area contributed by atoms with Crippen LogP contribution in [-0.4, -0.2) is 34.5 Å². The molecule has 2 aromatic carbocycles. The number of ether oxygens (including phenoxy) is 2. The average Bonchev–Trinajstić information content (AvgIpc) is 2.60. The zero-order valence-corrected chi connectivity index (χ0v) is 14.3. The number of esters is 1. The molecule has 0 atom stereocenters. The first kappa shape index (κ1) is 18.4. The second kappa shape index (κ2) is 7.32. The van der Waals surface area contributed by atoms with Gasteiger partial charge >= 0.3 is 5.97 Å². The van der Waals surface area contributed by atoms with Crippen molar-refractivity contribution in [3.63, 3.8) is 0 Å². The molecular formula is C16H16N2O6S. The summed E-state index contributed by atoms with van der Waals surface area (Å²) in [5, 5.41) is 7.72. The fourth-order valence-corrected chi connectivity index (χ4v) is 2.77. The van der Waals surface area contributed by atoms with Gasteiger partial charge in [0.05, 0.1) is 19.8 Å². The van der Waals surface area contributed by atoms with Crippen molar-refractivity contribution < 1.29 is 27.5 Å². The zero-order valence-electron chi connectivity index (χ0n) is 13.5. The van der Waals surface area contributed by atoms with E-state index >= 15 is 0 Å². The average molecular weight is 364 g/mol. The molecule has 0 fully saturated rings. The largest absolute Gasteiger partial charge is 0.495 e. The van der Waals surface area contributed by atoms with E-state index in [4.69, 9.17) is 9.88 Å². The first-order chi connectivity index (χ1) is 11.8. The zero-order chi connectivity index (χ0) is 18.6. The van der Waals surface area contributed by atoms with Crippen LogP contribution in [0.2, 0.25) is 0 Å². The van der Waals surface area contributed by atoms with E-state index < -0.39 is 21.9 Å². The summed E-state index contributed by atoms with van der Waals surface area (Å²) in [7, 11) is -1.48. The molecule has 0 saturated heterocycles. The molecule has 3 N–H and O–H groups in total. The number of methoxy groups -OCH3 is 2. The summed E-state index contributed by atoms with van der Waals surface area (Å²) >= 11 is 0. The Bertz CT molecular complexity index is 907. The van der Waals surface area contributed by atoms with Gasteiger partial charge in [-0.05, 0) is 42.5 Å². The summed E-state index contributed by atoms with van der Waals surface area (Å²) < 4.78 is 32.7. The smallest absolute Gasteiger partial charge is 0.337 e. The molecule has 0 aliphatic carbocycles. The van der Waals surface area contributed by atoms with E-state index in [0.29, 0.717) is 11.3 Å². The number of amides is 1. The van der Waals surface area contributed by atoms with Crippen LogP contribution in [0.15, 0.2) is 47.4 Å². The minimum Gasteiger partial charge on any atom is -0.495 e. The van der Waals surface area contributed by atoms with Gasteiger partial charge in [-0.1, -0.05) is 0 Å². The fourth-order valence-electron chi connectivity index (χ4n) is 2.05. The van der Waals surface area contributed by atoms with Crippen LogP contribution < -0.4 is 15.2 Å². The Morgan fingerprint density at radius 1 is 1.00 bits per heavy atom. The van der Waals surface area contributed by atoms with Crippen molar-refractivity contribution in [1.82, 2.24) is 0 Å². The lowest BCUT2D eigenvalue weighted by atomic mass is 10.1. The third kappa shape index (κ3) is 4.34. The highest BCUT2D eigenvalue weighted by Crippen LogP contribution is 2.24. The molecule has 2 rings (SSSR count). The number of anilines is 1. The molecule has 0 aliphatic heterocycles. The topological polar surface area (TPSA) is 125 Å². The van der Waals surface area contributed by atoms with Gasteiger partial charge in [0.25, 0.3) is 5.91 Å². The number of rotatable bonds is 5. The molecule has 0 aromatic heterocycles. The van der Waals surface area contributed by atoms with Crippen molar-refractivity contribution in [2.24, 2.45) is 5.14 Å². The molecule has 0 radical (unpaired) electrons. The summed E-state index contributed by atoms with van der Waals surface area (Å²) in [6.45, 7) is 0. The predicted molar refractivity (Wildman–Crippen MR) is 90.1 cm³/mol. The first-order valence-electron chi connectivity index (χ1n) is 6.97. The number of carbonyl (C=O) groups is 2. The standard InChI is InChI=1S/C16H16N2O6S/c1-23-13-8-5-11(9-14(13)25(17,21)22)15(19)18-12-6-3-10(4-7-12)16(20)24-2/h3-9H,1-2H3,(H,18,19)(H2,17,21,22). The fraction of sp³-hybridized carbons (Fsp3) is 0.125. The van der Waals surface area contributed by atoms with Crippen LogP contribution in [0.5, 0.6) is 5.75 Å². The number of carbonyl (C=O) groups excluding carboxylic acids is 2. The van der Waals surface area contributed by atoms with E-state index in [1.807, 2.05) is 0 Å². The molecule has 132 valence electrons. The Labute approximate surface area is 144 Å². The van der Waals surface area contributed by atoms with E-state index in [1.54, 1.807) is 0 Å². The monoisotopic (exact) mass is 364 g/mol. The van der Waals surface area contributed by atoms with Crippen molar-refractivity contribution >= 4 is 27.6 Å². The van der Waals surface area contributed by atoms with Crippen molar-refractivity contribution in [2.45, 2.75) is 4.90 Å². The van der Waals surface area contributed by atoms with Crippen LogP contribution in [-0.2, 0) is 14.8 Å². The van der Waals surface area contributed by atoms with Gasteiger partial charge < -0.3 is 14.8 Å². The second-order valence-corrected chi connectivity index (χ2v) is 6.46. The maximum Gasteiger partial charge on any atom is 0.337 e. The Kier molecular flexibility index (Phi) is 5.40. The Balaban J connectivity index is 2.25. The predicted octanol–water partition coefficient (Wildman–Crippen LogP) is 1.38.